The minimum absolute atomic E-state index is 0.0531. The molecule has 0 unspecified atom stereocenters. The molecule has 0 spiro atoms. The Balaban J connectivity index is 1.64. The fourth-order valence-electron chi connectivity index (χ4n) is 2.96. The number of nitrogens with two attached hydrogens (primary N) is 1. The van der Waals surface area contributed by atoms with Gasteiger partial charge in [-0.3, -0.25) is 4.79 Å². The first-order valence-electron chi connectivity index (χ1n) is 8.57. The van der Waals surface area contributed by atoms with Gasteiger partial charge in [0.05, 0.1) is 19.4 Å². The molecule has 0 radical (unpaired) electrons. The molecule has 2 aromatic carbocycles. The topological polar surface area (TPSA) is 109 Å². The highest BCUT2D eigenvalue weighted by Gasteiger charge is 2.20. The molecule has 0 fully saturated rings. The number of carbonyl (C=O) groups is 1. The average Bonchev–Trinajstić information content (AvgIpc) is 2.73. The van der Waals surface area contributed by atoms with Gasteiger partial charge in [-0.2, -0.15) is 4.98 Å². The summed E-state index contributed by atoms with van der Waals surface area (Å²) in [6.07, 6.45) is 0. The lowest BCUT2D eigenvalue weighted by atomic mass is 10.1. The minimum Gasteiger partial charge on any atom is -0.497 e. The van der Waals surface area contributed by atoms with Gasteiger partial charge in [-0.05, 0) is 24.3 Å². The van der Waals surface area contributed by atoms with Crippen molar-refractivity contribution >= 4 is 17.7 Å². The Kier molecular flexibility index (Phi) is 4.77. The number of hydrogen-bond acceptors (Lipinski definition) is 7. The van der Waals surface area contributed by atoms with Crippen molar-refractivity contribution in [3.05, 3.63) is 59.7 Å². The molecule has 3 aromatic rings. The highest BCUT2D eigenvalue weighted by Crippen LogP contribution is 2.28. The molecule has 8 nitrogen and oxygen atoms in total. The zero-order valence-electron chi connectivity index (χ0n) is 15.1. The predicted octanol–water partition coefficient (Wildman–Crippen LogP) is 2.85. The molecule has 1 aliphatic rings. The molecule has 2 heterocycles. The molecule has 4 rings (SSSR count). The summed E-state index contributed by atoms with van der Waals surface area (Å²) >= 11 is 0. The first-order chi connectivity index (χ1) is 13.6. The summed E-state index contributed by atoms with van der Waals surface area (Å²) in [4.78, 5) is 21.2. The van der Waals surface area contributed by atoms with E-state index in [1.165, 1.54) is 0 Å². The number of carbonyl (C=O) groups excluding carboxylic acids is 1. The first kappa shape index (κ1) is 17.7. The predicted molar refractivity (Wildman–Crippen MR) is 103 cm³/mol. The van der Waals surface area contributed by atoms with Crippen LogP contribution in [0.2, 0.25) is 0 Å². The van der Waals surface area contributed by atoms with E-state index in [2.05, 4.69) is 15.3 Å². The Morgan fingerprint density at radius 3 is 2.89 bits per heavy atom. The van der Waals surface area contributed by atoms with Crippen molar-refractivity contribution in [2.75, 3.05) is 25.0 Å². The van der Waals surface area contributed by atoms with Gasteiger partial charge in [0.15, 0.2) is 6.79 Å². The van der Waals surface area contributed by atoms with Gasteiger partial charge in [-0.25, -0.2) is 4.98 Å². The van der Waals surface area contributed by atoms with E-state index in [-0.39, 0.29) is 18.6 Å². The number of rotatable bonds is 4. The fraction of sp³-hybridized carbons (Fsp3) is 0.150. The molecule has 1 aromatic heterocycles. The van der Waals surface area contributed by atoms with Gasteiger partial charge in [0.25, 0.3) is 5.91 Å². The molecule has 1 amide bonds. The summed E-state index contributed by atoms with van der Waals surface area (Å²) < 4.78 is 16.0. The summed E-state index contributed by atoms with van der Waals surface area (Å²) in [5.41, 5.74) is 8.37. The summed E-state index contributed by atoms with van der Waals surface area (Å²) in [5.74, 6) is 1.35. The molecule has 0 aliphatic carbocycles. The van der Waals surface area contributed by atoms with Gasteiger partial charge in [-0.15, -0.1) is 0 Å². The van der Waals surface area contributed by atoms with E-state index in [4.69, 9.17) is 19.9 Å². The number of nitrogens with zero attached hydrogens (tertiary/aromatic N) is 2. The Bertz CT molecular complexity index is 1040. The number of aromatic nitrogens is 2. The zero-order valence-corrected chi connectivity index (χ0v) is 15.1. The number of fused-ring (bicyclic) bond motifs is 1. The lowest BCUT2D eigenvalue weighted by Gasteiger charge is -2.20. The van der Waals surface area contributed by atoms with Crippen LogP contribution in [0.25, 0.3) is 11.3 Å². The van der Waals surface area contributed by atoms with Crippen LogP contribution in [-0.2, 0) is 11.3 Å². The molecule has 3 N–H and O–H groups in total. The first-order valence-corrected chi connectivity index (χ1v) is 8.57. The smallest absolute Gasteiger partial charge is 0.257 e. The molecular weight excluding hydrogens is 360 g/mol. The molecule has 0 saturated carbocycles. The van der Waals surface area contributed by atoms with Crippen LogP contribution < -0.4 is 20.5 Å². The summed E-state index contributed by atoms with van der Waals surface area (Å²) in [6.45, 7) is 0.477. The number of hydrogen-bond donors (Lipinski definition) is 2. The second kappa shape index (κ2) is 7.53. The molecule has 1 aliphatic heterocycles. The van der Waals surface area contributed by atoms with E-state index >= 15 is 0 Å². The number of methoxy groups -OCH3 is 1. The quantitative estimate of drug-likeness (QED) is 0.718. The van der Waals surface area contributed by atoms with Gasteiger partial charge in [0.1, 0.15) is 17.3 Å². The Morgan fingerprint density at radius 2 is 2.04 bits per heavy atom. The van der Waals surface area contributed by atoms with Crippen LogP contribution in [0.4, 0.5) is 11.8 Å². The molecule has 28 heavy (non-hydrogen) atoms. The molecule has 0 bridgehead atoms. The van der Waals surface area contributed by atoms with Crippen LogP contribution in [-0.4, -0.2) is 29.8 Å². The summed E-state index contributed by atoms with van der Waals surface area (Å²) in [7, 11) is 1.59. The van der Waals surface area contributed by atoms with E-state index in [9.17, 15) is 4.79 Å². The highest BCUT2D eigenvalue weighted by atomic mass is 16.7. The van der Waals surface area contributed by atoms with Gasteiger partial charge >= 0.3 is 0 Å². The number of amides is 1. The standard InChI is InChI=1S/C20H18N4O4/c1-26-13-5-2-4-12(8-13)16-9-18(24-20(21)22-16)23-19(25)14-6-3-7-17-15(14)10-27-11-28-17/h2-9H,10-11H2,1H3,(H3,21,22,23,24,25). The van der Waals surface area contributed by atoms with E-state index in [0.29, 0.717) is 40.7 Å². The van der Waals surface area contributed by atoms with Crippen molar-refractivity contribution in [2.45, 2.75) is 6.61 Å². The Hall–Kier alpha value is -3.65. The van der Waals surface area contributed by atoms with E-state index in [1.807, 2.05) is 24.3 Å². The lowest BCUT2D eigenvalue weighted by Crippen LogP contribution is -2.20. The number of nitrogens with one attached hydrogen (secondary N) is 1. The van der Waals surface area contributed by atoms with Crippen molar-refractivity contribution in [3.8, 4) is 22.8 Å². The van der Waals surface area contributed by atoms with Crippen molar-refractivity contribution in [2.24, 2.45) is 0 Å². The maximum absolute atomic E-state index is 12.8. The van der Waals surface area contributed by atoms with E-state index in [1.54, 1.807) is 31.4 Å². The maximum atomic E-state index is 12.8. The van der Waals surface area contributed by atoms with Crippen LogP contribution in [0.15, 0.2) is 48.5 Å². The van der Waals surface area contributed by atoms with Crippen LogP contribution in [0.3, 0.4) is 0 Å². The van der Waals surface area contributed by atoms with Crippen LogP contribution in [0.1, 0.15) is 15.9 Å². The average molecular weight is 378 g/mol. The van der Waals surface area contributed by atoms with Gasteiger partial charge in [0, 0.05) is 22.8 Å². The van der Waals surface area contributed by atoms with Crippen molar-refractivity contribution < 1.29 is 19.0 Å². The third kappa shape index (κ3) is 3.58. The van der Waals surface area contributed by atoms with Crippen molar-refractivity contribution in [3.63, 3.8) is 0 Å². The molecule has 0 saturated heterocycles. The van der Waals surface area contributed by atoms with Crippen LogP contribution in [0.5, 0.6) is 11.5 Å². The monoisotopic (exact) mass is 378 g/mol. The van der Waals surface area contributed by atoms with E-state index < -0.39 is 0 Å². The van der Waals surface area contributed by atoms with Gasteiger partial charge in [0.2, 0.25) is 5.95 Å². The highest BCUT2D eigenvalue weighted by molar-refractivity contribution is 6.05. The normalized spacial score (nSPS) is 12.6. The number of nitrogen functional groups attached to an aromatic ring is 1. The molecular formula is C20H18N4O4. The number of ether oxygens (including phenoxy) is 3. The number of benzene rings is 2. The summed E-state index contributed by atoms with van der Waals surface area (Å²) in [5, 5.41) is 2.78. The Morgan fingerprint density at radius 1 is 1.18 bits per heavy atom. The second-order valence-electron chi connectivity index (χ2n) is 6.08. The van der Waals surface area contributed by atoms with Crippen molar-refractivity contribution in [1.82, 2.24) is 9.97 Å². The van der Waals surface area contributed by atoms with Crippen LogP contribution >= 0.6 is 0 Å². The lowest BCUT2D eigenvalue weighted by molar-refractivity contribution is -0.0167. The SMILES string of the molecule is COc1cccc(-c2cc(NC(=O)c3cccc4c3COCO4)nc(N)n2)c1. The van der Waals surface area contributed by atoms with E-state index in [0.717, 1.165) is 5.56 Å². The van der Waals surface area contributed by atoms with Gasteiger partial charge in [-0.1, -0.05) is 18.2 Å². The largest absolute Gasteiger partial charge is 0.497 e. The van der Waals surface area contributed by atoms with Crippen LogP contribution in [0, 0.1) is 0 Å². The molecule has 0 atom stereocenters. The van der Waals surface area contributed by atoms with Gasteiger partial charge < -0.3 is 25.3 Å². The zero-order chi connectivity index (χ0) is 19.5. The third-order valence-electron chi connectivity index (χ3n) is 4.27. The number of anilines is 2. The Labute approximate surface area is 161 Å². The second-order valence-corrected chi connectivity index (χ2v) is 6.08. The summed E-state index contributed by atoms with van der Waals surface area (Å²) in [6, 6.07) is 14.3. The van der Waals surface area contributed by atoms with Crippen molar-refractivity contribution in [1.29, 1.82) is 0 Å². The maximum Gasteiger partial charge on any atom is 0.257 e. The molecule has 142 valence electrons. The third-order valence-corrected chi connectivity index (χ3v) is 4.27. The fourth-order valence-corrected chi connectivity index (χ4v) is 2.96. The minimum atomic E-state index is -0.333. The molecule has 8 heteroatoms.